The molecule has 21 heavy (non-hydrogen) atoms. The molecule has 3 rings (SSSR count). The van der Waals surface area contributed by atoms with Crippen LogP contribution in [0, 0.1) is 0 Å². The maximum absolute atomic E-state index is 12.7. The van der Waals surface area contributed by atoms with Crippen LogP contribution in [0.15, 0.2) is 53.4 Å². The highest BCUT2D eigenvalue weighted by molar-refractivity contribution is 7.92. The van der Waals surface area contributed by atoms with E-state index in [9.17, 15) is 13.2 Å². The van der Waals surface area contributed by atoms with E-state index in [1.165, 1.54) is 28.6 Å². The third-order valence-corrected chi connectivity index (χ3v) is 5.56. The number of halogens is 1. The number of para-hydroxylation sites is 1. The number of fused-ring (bicyclic) bond motifs is 1. The van der Waals surface area contributed by atoms with Gasteiger partial charge < -0.3 is 0 Å². The van der Waals surface area contributed by atoms with E-state index >= 15 is 0 Å². The fourth-order valence-corrected chi connectivity index (χ4v) is 4.07. The zero-order chi connectivity index (χ0) is 15.0. The van der Waals surface area contributed by atoms with E-state index in [-0.39, 0.29) is 10.5 Å². The molecule has 1 aliphatic heterocycles. The quantitative estimate of drug-likeness (QED) is 0.817. The van der Waals surface area contributed by atoms with Gasteiger partial charge in [-0.25, -0.2) is 8.42 Å². The average molecular weight is 322 g/mol. The Morgan fingerprint density at radius 2 is 1.71 bits per heavy atom. The van der Waals surface area contributed by atoms with Gasteiger partial charge in [-0.2, -0.15) is 0 Å². The molecule has 0 amide bonds. The second-order valence-corrected chi connectivity index (χ2v) is 6.96. The number of anilines is 1. The molecule has 0 bridgehead atoms. The molecule has 2 aromatic carbocycles. The van der Waals surface area contributed by atoms with Crippen LogP contribution in [0.3, 0.4) is 0 Å². The van der Waals surface area contributed by atoms with E-state index in [0.29, 0.717) is 13.0 Å². The summed E-state index contributed by atoms with van der Waals surface area (Å²) in [6.07, 6.45) is 0.702. The van der Waals surface area contributed by atoms with Crippen LogP contribution in [0.1, 0.15) is 15.9 Å². The standard InChI is InChI=1S/C15H12ClNO3S/c16-15(18)12-5-7-13(8-6-12)21(19,20)17-10-9-11-3-1-2-4-14(11)17/h1-8H,9-10H2. The monoisotopic (exact) mass is 321 g/mol. The van der Waals surface area contributed by atoms with Crippen molar-refractivity contribution in [2.24, 2.45) is 0 Å². The molecule has 0 N–H and O–H groups in total. The summed E-state index contributed by atoms with van der Waals surface area (Å²) in [6, 6.07) is 13.1. The molecule has 1 aliphatic rings. The van der Waals surface area contributed by atoms with Crippen molar-refractivity contribution >= 4 is 32.6 Å². The molecule has 0 spiro atoms. The van der Waals surface area contributed by atoms with Crippen LogP contribution < -0.4 is 4.31 Å². The van der Waals surface area contributed by atoms with E-state index in [4.69, 9.17) is 11.6 Å². The van der Waals surface area contributed by atoms with Crippen LogP contribution in [0.5, 0.6) is 0 Å². The molecular weight excluding hydrogens is 310 g/mol. The van der Waals surface area contributed by atoms with Crippen LogP contribution in [0.25, 0.3) is 0 Å². The van der Waals surface area contributed by atoms with Crippen LogP contribution in [-0.2, 0) is 16.4 Å². The predicted octanol–water partition coefficient (Wildman–Crippen LogP) is 2.82. The molecule has 2 aromatic rings. The molecule has 0 aromatic heterocycles. The number of carbonyl (C=O) groups is 1. The van der Waals surface area contributed by atoms with Gasteiger partial charge in [-0.1, -0.05) is 18.2 Å². The Morgan fingerprint density at radius 3 is 2.38 bits per heavy atom. The van der Waals surface area contributed by atoms with Gasteiger partial charge in [-0.3, -0.25) is 9.10 Å². The smallest absolute Gasteiger partial charge is 0.264 e. The molecule has 0 saturated carbocycles. The molecule has 0 atom stereocenters. The van der Waals surface area contributed by atoms with Crippen molar-refractivity contribution in [3.8, 4) is 0 Å². The Balaban J connectivity index is 2.00. The Bertz CT molecular complexity index is 800. The molecule has 0 fully saturated rings. The van der Waals surface area contributed by atoms with E-state index < -0.39 is 15.3 Å². The number of sulfonamides is 1. The summed E-state index contributed by atoms with van der Waals surface area (Å²) in [5, 5.41) is -0.606. The van der Waals surface area contributed by atoms with Gasteiger partial charge in [0.2, 0.25) is 0 Å². The zero-order valence-corrected chi connectivity index (χ0v) is 12.6. The maximum atomic E-state index is 12.7. The van der Waals surface area contributed by atoms with Gasteiger partial charge in [-0.05, 0) is 53.9 Å². The summed E-state index contributed by atoms with van der Waals surface area (Å²) >= 11 is 5.37. The molecule has 0 unspecified atom stereocenters. The van der Waals surface area contributed by atoms with Gasteiger partial charge in [0.1, 0.15) is 0 Å². The van der Waals surface area contributed by atoms with E-state index in [1.54, 1.807) is 6.07 Å². The first-order chi connectivity index (χ1) is 10.00. The minimum atomic E-state index is -3.62. The first-order valence-electron chi connectivity index (χ1n) is 6.41. The topological polar surface area (TPSA) is 54.5 Å². The van der Waals surface area contributed by atoms with Crippen molar-refractivity contribution in [1.29, 1.82) is 0 Å². The van der Waals surface area contributed by atoms with Gasteiger partial charge >= 0.3 is 0 Å². The highest BCUT2D eigenvalue weighted by Crippen LogP contribution is 2.32. The van der Waals surface area contributed by atoms with Gasteiger partial charge in [0, 0.05) is 12.1 Å². The molecule has 108 valence electrons. The fourth-order valence-electron chi connectivity index (χ4n) is 2.44. The Hall–Kier alpha value is -1.85. The lowest BCUT2D eigenvalue weighted by Crippen LogP contribution is -2.29. The highest BCUT2D eigenvalue weighted by Gasteiger charge is 2.30. The molecule has 1 heterocycles. The third-order valence-electron chi connectivity index (χ3n) is 3.51. The SMILES string of the molecule is O=C(Cl)c1ccc(S(=O)(=O)N2CCc3ccccc32)cc1. The molecule has 6 heteroatoms. The number of nitrogens with zero attached hydrogens (tertiary/aromatic N) is 1. The number of benzene rings is 2. The van der Waals surface area contributed by atoms with Crippen molar-refractivity contribution in [2.45, 2.75) is 11.3 Å². The summed E-state index contributed by atoms with van der Waals surface area (Å²) < 4.78 is 26.8. The van der Waals surface area contributed by atoms with Gasteiger partial charge in [0.15, 0.2) is 0 Å². The Morgan fingerprint density at radius 1 is 1.05 bits per heavy atom. The summed E-state index contributed by atoms with van der Waals surface area (Å²) in [4.78, 5) is 11.2. The van der Waals surface area contributed by atoms with Crippen molar-refractivity contribution < 1.29 is 13.2 Å². The Kier molecular flexibility index (Phi) is 3.47. The average Bonchev–Trinajstić information content (AvgIpc) is 2.92. The van der Waals surface area contributed by atoms with Crippen molar-refractivity contribution in [3.63, 3.8) is 0 Å². The van der Waals surface area contributed by atoms with Crippen LogP contribution in [0.2, 0.25) is 0 Å². The molecular formula is C15H12ClNO3S. The first kappa shape index (κ1) is 14.1. The minimum Gasteiger partial charge on any atom is -0.276 e. The lowest BCUT2D eigenvalue weighted by atomic mass is 10.2. The van der Waals surface area contributed by atoms with Gasteiger partial charge in [-0.15, -0.1) is 0 Å². The molecule has 4 nitrogen and oxygen atoms in total. The zero-order valence-electron chi connectivity index (χ0n) is 11.0. The predicted molar refractivity (Wildman–Crippen MR) is 81.3 cm³/mol. The third kappa shape index (κ3) is 2.43. The lowest BCUT2D eigenvalue weighted by molar-refractivity contribution is 0.108. The van der Waals surface area contributed by atoms with Gasteiger partial charge in [0.05, 0.1) is 10.6 Å². The summed E-state index contributed by atoms with van der Waals surface area (Å²) in [6.45, 7) is 0.428. The van der Waals surface area contributed by atoms with Crippen LogP contribution in [0.4, 0.5) is 5.69 Å². The van der Waals surface area contributed by atoms with E-state index in [2.05, 4.69) is 0 Å². The maximum Gasteiger partial charge on any atom is 0.264 e. The number of hydrogen-bond acceptors (Lipinski definition) is 3. The van der Waals surface area contributed by atoms with Crippen molar-refractivity contribution in [3.05, 3.63) is 59.7 Å². The largest absolute Gasteiger partial charge is 0.276 e. The molecule has 0 radical (unpaired) electrons. The minimum absolute atomic E-state index is 0.154. The molecule has 0 aliphatic carbocycles. The van der Waals surface area contributed by atoms with Gasteiger partial charge in [0.25, 0.3) is 15.3 Å². The van der Waals surface area contributed by atoms with E-state index in [0.717, 1.165) is 11.3 Å². The highest BCUT2D eigenvalue weighted by atomic mass is 35.5. The summed E-state index contributed by atoms with van der Waals surface area (Å²) in [7, 11) is -3.62. The number of rotatable bonds is 3. The normalized spacial score (nSPS) is 14.0. The first-order valence-corrected chi connectivity index (χ1v) is 8.22. The van der Waals surface area contributed by atoms with Crippen LogP contribution in [-0.4, -0.2) is 20.2 Å². The molecule has 0 saturated heterocycles. The van der Waals surface area contributed by atoms with E-state index in [1.807, 2.05) is 18.2 Å². The second kappa shape index (κ2) is 5.16. The summed E-state index contributed by atoms with van der Waals surface area (Å²) in [5.74, 6) is 0. The second-order valence-electron chi connectivity index (χ2n) is 4.75. The van der Waals surface area contributed by atoms with Crippen LogP contribution >= 0.6 is 11.6 Å². The Labute approximate surface area is 128 Å². The van der Waals surface area contributed by atoms with Crippen molar-refractivity contribution in [1.82, 2.24) is 0 Å². The fraction of sp³-hybridized carbons (Fsp3) is 0.133. The number of hydrogen-bond donors (Lipinski definition) is 0. The lowest BCUT2D eigenvalue weighted by Gasteiger charge is -2.19. The van der Waals surface area contributed by atoms with Crippen molar-refractivity contribution in [2.75, 3.05) is 10.8 Å². The summed E-state index contributed by atoms with van der Waals surface area (Å²) in [5.41, 5.74) is 2.01. The number of carbonyl (C=O) groups excluding carboxylic acids is 1.